The highest BCUT2D eigenvalue weighted by Gasteiger charge is 2.27. The molecule has 0 aliphatic carbocycles. The molecule has 0 spiro atoms. The molecule has 0 bridgehead atoms. The van der Waals surface area contributed by atoms with Gasteiger partial charge in [-0.15, -0.1) is 0 Å². The van der Waals surface area contributed by atoms with Crippen molar-refractivity contribution in [1.29, 1.82) is 0 Å². The van der Waals surface area contributed by atoms with Crippen molar-refractivity contribution in [2.75, 3.05) is 26.2 Å². The molecule has 0 radical (unpaired) electrons. The van der Waals surface area contributed by atoms with Gasteiger partial charge in [-0.2, -0.15) is 0 Å². The second kappa shape index (κ2) is 10.9. The second-order valence-electron chi connectivity index (χ2n) is 8.03. The number of piperidine rings is 1. The minimum absolute atomic E-state index is 0.0187. The molecule has 2 heterocycles. The van der Waals surface area contributed by atoms with Crippen LogP contribution in [0.15, 0.2) is 79.0 Å². The highest BCUT2D eigenvalue weighted by molar-refractivity contribution is 5.79. The Labute approximate surface area is 188 Å². The van der Waals surface area contributed by atoms with E-state index in [1.54, 1.807) is 18.3 Å². The van der Waals surface area contributed by atoms with E-state index in [0.717, 1.165) is 49.5 Å². The number of nitrogens with one attached hydrogen (secondary N) is 1. The van der Waals surface area contributed by atoms with Crippen molar-refractivity contribution in [3.8, 4) is 5.75 Å². The average Bonchev–Trinajstić information content (AvgIpc) is 2.85. The van der Waals surface area contributed by atoms with Crippen molar-refractivity contribution in [2.24, 2.45) is 5.92 Å². The Morgan fingerprint density at radius 3 is 2.44 bits per heavy atom. The first-order chi connectivity index (χ1) is 15.7. The molecule has 1 unspecified atom stereocenters. The van der Waals surface area contributed by atoms with Crippen LogP contribution in [0.2, 0.25) is 0 Å². The van der Waals surface area contributed by atoms with Crippen molar-refractivity contribution < 1.29 is 13.9 Å². The molecule has 6 heteroatoms. The fourth-order valence-electron chi connectivity index (χ4n) is 4.02. The highest BCUT2D eigenvalue weighted by Crippen LogP contribution is 2.24. The number of hydrogen-bond donors (Lipinski definition) is 1. The Balaban J connectivity index is 1.31. The van der Waals surface area contributed by atoms with Gasteiger partial charge in [-0.3, -0.25) is 14.7 Å². The van der Waals surface area contributed by atoms with Crippen LogP contribution in [0.4, 0.5) is 4.39 Å². The topological polar surface area (TPSA) is 54.5 Å². The monoisotopic (exact) mass is 433 g/mol. The molecule has 0 saturated carbocycles. The first-order valence-corrected chi connectivity index (χ1v) is 11.1. The average molecular weight is 434 g/mol. The van der Waals surface area contributed by atoms with E-state index in [9.17, 15) is 9.18 Å². The summed E-state index contributed by atoms with van der Waals surface area (Å²) in [6, 6.07) is 21.2. The van der Waals surface area contributed by atoms with Crippen molar-refractivity contribution in [3.05, 3.63) is 96.1 Å². The summed E-state index contributed by atoms with van der Waals surface area (Å²) < 4.78 is 19.2. The molecule has 3 aromatic rings. The number of para-hydroxylation sites is 1. The van der Waals surface area contributed by atoms with E-state index in [1.807, 2.05) is 48.5 Å². The van der Waals surface area contributed by atoms with Crippen LogP contribution in [0, 0.1) is 11.7 Å². The number of ether oxygens (including phenoxy) is 1. The van der Waals surface area contributed by atoms with Crippen molar-refractivity contribution in [2.45, 2.75) is 18.9 Å². The highest BCUT2D eigenvalue weighted by atomic mass is 19.1. The zero-order valence-electron chi connectivity index (χ0n) is 18.0. The molecule has 1 N–H and O–H groups in total. The Kier molecular flexibility index (Phi) is 7.46. The molecular weight excluding hydrogens is 405 g/mol. The summed E-state index contributed by atoms with van der Waals surface area (Å²) in [6.07, 6.45) is 3.30. The molecule has 1 aliphatic rings. The van der Waals surface area contributed by atoms with E-state index in [-0.39, 0.29) is 17.6 Å². The molecule has 1 atom stereocenters. The van der Waals surface area contributed by atoms with Gasteiger partial charge in [0, 0.05) is 18.7 Å². The molecule has 1 aromatic heterocycles. The molecule has 5 nitrogen and oxygen atoms in total. The Morgan fingerprint density at radius 2 is 1.75 bits per heavy atom. The quantitative estimate of drug-likeness (QED) is 0.578. The van der Waals surface area contributed by atoms with E-state index in [2.05, 4.69) is 15.2 Å². The van der Waals surface area contributed by atoms with E-state index in [1.165, 1.54) is 12.1 Å². The van der Waals surface area contributed by atoms with Gasteiger partial charge >= 0.3 is 0 Å². The van der Waals surface area contributed by atoms with Crippen LogP contribution in [0.1, 0.15) is 30.1 Å². The number of halogens is 1. The normalized spacial score (nSPS) is 15.8. The number of hydrogen-bond acceptors (Lipinski definition) is 4. The van der Waals surface area contributed by atoms with Crippen molar-refractivity contribution in [3.63, 3.8) is 0 Å². The van der Waals surface area contributed by atoms with Gasteiger partial charge in [0.25, 0.3) is 0 Å². The number of carbonyl (C=O) groups is 1. The zero-order chi connectivity index (χ0) is 22.2. The Bertz CT molecular complexity index is 975. The van der Waals surface area contributed by atoms with E-state index < -0.39 is 6.04 Å². The number of aromatic nitrogens is 1. The number of carbonyl (C=O) groups excluding carboxylic acids is 1. The van der Waals surface area contributed by atoms with Crippen LogP contribution in [-0.2, 0) is 4.79 Å². The van der Waals surface area contributed by atoms with E-state index in [4.69, 9.17) is 4.74 Å². The molecule has 1 amide bonds. The molecule has 2 aromatic carbocycles. The van der Waals surface area contributed by atoms with Crippen LogP contribution < -0.4 is 10.1 Å². The third-order valence-electron chi connectivity index (χ3n) is 5.85. The molecule has 1 saturated heterocycles. The number of rotatable bonds is 8. The largest absolute Gasteiger partial charge is 0.492 e. The molecular formula is C26H28FN3O2. The second-order valence-corrected chi connectivity index (χ2v) is 8.03. The maximum atomic E-state index is 13.4. The van der Waals surface area contributed by atoms with Crippen LogP contribution >= 0.6 is 0 Å². The minimum atomic E-state index is -0.401. The third kappa shape index (κ3) is 5.92. The van der Waals surface area contributed by atoms with Crippen molar-refractivity contribution in [1.82, 2.24) is 15.2 Å². The maximum absolute atomic E-state index is 13.4. The lowest BCUT2D eigenvalue weighted by atomic mass is 9.94. The van der Waals surface area contributed by atoms with Gasteiger partial charge in [0.2, 0.25) is 5.91 Å². The standard InChI is InChI=1S/C26H28FN3O2/c27-22-11-9-20(10-12-22)25(24-8-4-5-15-28-24)29-26(31)21-13-16-30(17-14-21)18-19-32-23-6-2-1-3-7-23/h1-12,15,21,25H,13-14,16-19H2,(H,29,31). The fourth-order valence-corrected chi connectivity index (χ4v) is 4.02. The lowest BCUT2D eigenvalue weighted by molar-refractivity contribution is -0.127. The molecule has 1 aliphatic heterocycles. The molecule has 4 rings (SSSR count). The van der Waals surface area contributed by atoms with Crippen LogP contribution in [-0.4, -0.2) is 42.0 Å². The summed E-state index contributed by atoms with van der Waals surface area (Å²) in [5, 5.41) is 3.15. The summed E-state index contributed by atoms with van der Waals surface area (Å²) in [5.74, 6) is 0.546. The van der Waals surface area contributed by atoms with Gasteiger partial charge in [-0.25, -0.2) is 4.39 Å². The van der Waals surface area contributed by atoms with E-state index >= 15 is 0 Å². The van der Waals surface area contributed by atoms with Crippen LogP contribution in [0.5, 0.6) is 5.75 Å². The number of benzene rings is 2. The van der Waals surface area contributed by atoms with Crippen molar-refractivity contribution >= 4 is 5.91 Å². The number of pyridine rings is 1. The van der Waals surface area contributed by atoms with Gasteiger partial charge in [0.15, 0.2) is 0 Å². The minimum Gasteiger partial charge on any atom is -0.492 e. The summed E-state index contributed by atoms with van der Waals surface area (Å²) in [5.41, 5.74) is 1.55. The number of likely N-dealkylation sites (tertiary alicyclic amines) is 1. The third-order valence-corrected chi connectivity index (χ3v) is 5.85. The number of nitrogens with zero attached hydrogens (tertiary/aromatic N) is 2. The smallest absolute Gasteiger partial charge is 0.224 e. The summed E-state index contributed by atoms with van der Waals surface area (Å²) >= 11 is 0. The predicted octanol–water partition coefficient (Wildman–Crippen LogP) is 4.22. The Hall–Kier alpha value is -3.25. The summed E-state index contributed by atoms with van der Waals surface area (Å²) in [7, 11) is 0. The van der Waals surface area contributed by atoms with Crippen LogP contribution in [0.25, 0.3) is 0 Å². The molecule has 166 valence electrons. The molecule has 1 fully saturated rings. The van der Waals surface area contributed by atoms with Crippen LogP contribution in [0.3, 0.4) is 0 Å². The first kappa shape index (κ1) is 22.0. The lowest BCUT2D eigenvalue weighted by Crippen LogP contribution is -2.42. The fraction of sp³-hybridized carbons (Fsp3) is 0.308. The Morgan fingerprint density at radius 1 is 1.03 bits per heavy atom. The first-order valence-electron chi connectivity index (χ1n) is 11.1. The summed E-state index contributed by atoms with van der Waals surface area (Å²) in [4.78, 5) is 19.8. The van der Waals surface area contributed by atoms with Gasteiger partial charge in [0.1, 0.15) is 18.2 Å². The predicted molar refractivity (Wildman–Crippen MR) is 122 cm³/mol. The summed E-state index contributed by atoms with van der Waals surface area (Å²) in [6.45, 7) is 3.20. The van der Waals surface area contributed by atoms with E-state index in [0.29, 0.717) is 6.61 Å². The van der Waals surface area contributed by atoms with Gasteiger partial charge < -0.3 is 10.1 Å². The SMILES string of the molecule is O=C(NC(c1ccc(F)cc1)c1ccccn1)C1CCN(CCOc2ccccc2)CC1. The molecule has 32 heavy (non-hydrogen) atoms. The van der Waals surface area contributed by atoms with Gasteiger partial charge in [-0.1, -0.05) is 36.4 Å². The number of amides is 1. The lowest BCUT2D eigenvalue weighted by Gasteiger charge is -2.32. The van der Waals surface area contributed by atoms with Gasteiger partial charge in [0.05, 0.1) is 11.7 Å². The van der Waals surface area contributed by atoms with Gasteiger partial charge in [-0.05, 0) is 67.9 Å². The zero-order valence-corrected chi connectivity index (χ0v) is 18.0. The maximum Gasteiger partial charge on any atom is 0.224 e.